The van der Waals surface area contributed by atoms with Gasteiger partial charge in [-0.15, -0.1) is 0 Å². The van der Waals surface area contributed by atoms with Crippen LogP contribution in [0.2, 0.25) is 0 Å². The lowest BCUT2D eigenvalue weighted by Crippen LogP contribution is -2.22. The van der Waals surface area contributed by atoms with E-state index in [0.717, 1.165) is 13.1 Å². The average molecular weight is 206 g/mol. The smallest absolute Gasteiger partial charge is 0.0638 e. The third-order valence-corrected chi connectivity index (χ3v) is 1.26. The molecule has 0 aliphatic carbocycles. The first kappa shape index (κ1) is 16.3. The standard InChI is InChI=1S/2C5H13NO/c2*1-5(7)4-6(2)3/h2*5,7H,4H2,1-3H3/t5-;/m1./s1. The van der Waals surface area contributed by atoms with Gasteiger partial charge in [-0.05, 0) is 42.0 Å². The number of likely N-dealkylation sites (N-methyl/N-ethyl adjacent to an activating group) is 2. The first-order valence-corrected chi connectivity index (χ1v) is 4.91. The van der Waals surface area contributed by atoms with E-state index in [9.17, 15) is 0 Å². The van der Waals surface area contributed by atoms with Crippen LogP contribution in [0.1, 0.15) is 13.8 Å². The van der Waals surface area contributed by atoms with Gasteiger partial charge in [-0.3, -0.25) is 0 Å². The van der Waals surface area contributed by atoms with Crippen molar-refractivity contribution in [2.75, 3.05) is 41.3 Å². The molecule has 0 bridgehead atoms. The fraction of sp³-hybridized carbons (Fsp3) is 1.00. The number of nitrogens with zero attached hydrogens (tertiary/aromatic N) is 2. The van der Waals surface area contributed by atoms with Crippen LogP contribution >= 0.6 is 0 Å². The van der Waals surface area contributed by atoms with Crippen molar-refractivity contribution in [3.63, 3.8) is 0 Å². The second kappa shape index (κ2) is 9.40. The van der Waals surface area contributed by atoms with Crippen LogP contribution in [0.5, 0.6) is 0 Å². The Morgan fingerprint density at radius 2 is 1.00 bits per heavy atom. The van der Waals surface area contributed by atoms with Crippen molar-refractivity contribution in [3.05, 3.63) is 0 Å². The van der Waals surface area contributed by atoms with Gasteiger partial charge in [0, 0.05) is 13.1 Å². The van der Waals surface area contributed by atoms with Crippen molar-refractivity contribution in [2.24, 2.45) is 0 Å². The fourth-order valence-electron chi connectivity index (χ4n) is 1.06. The molecule has 2 atom stereocenters. The summed E-state index contributed by atoms with van der Waals surface area (Å²) >= 11 is 0. The van der Waals surface area contributed by atoms with Crippen LogP contribution in [-0.4, -0.2) is 73.5 Å². The summed E-state index contributed by atoms with van der Waals surface area (Å²) in [6.07, 6.45) is -0.398. The van der Waals surface area contributed by atoms with Gasteiger partial charge in [0.25, 0.3) is 0 Å². The third kappa shape index (κ3) is 22.6. The Balaban J connectivity index is 0. The Morgan fingerprint density at radius 1 is 0.786 bits per heavy atom. The predicted octanol–water partition coefficient (Wildman–Crippen LogP) is -0.142. The first-order chi connectivity index (χ1) is 6.25. The van der Waals surface area contributed by atoms with Gasteiger partial charge in [-0.2, -0.15) is 0 Å². The molecule has 0 aromatic carbocycles. The summed E-state index contributed by atoms with van der Waals surface area (Å²) in [6.45, 7) is 5.06. The molecule has 0 aliphatic rings. The second-order valence-corrected chi connectivity index (χ2v) is 4.22. The molecule has 4 heteroatoms. The molecule has 0 aromatic rings. The number of hydrogen-bond acceptors (Lipinski definition) is 4. The average Bonchev–Trinajstić information content (AvgIpc) is 1.79. The molecule has 88 valence electrons. The zero-order valence-corrected chi connectivity index (χ0v) is 10.4. The SMILES string of the molecule is CC(O)CN(C)C.C[C@@H](O)CN(C)C. The van der Waals surface area contributed by atoms with E-state index in [1.807, 2.05) is 38.0 Å². The van der Waals surface area contributed by atoms with E-state index in [1.165, 1.54) is 0 Å². The van der Waals surface area contributed by atoms with Crippen molar-refractivity contribution in [3.8, 4) is 0 Å². The summed E-state index contributed by atoms with van der Waals surface area (Å²) in [5.41, 5.74) is 0. The summed E-state index contributed by atoms with van der Waals surface area (Å²) in [5, 5.41) is 17.4. The third-order valence-electron chi connectivity index (χ3n) is 1.26. The van der Waals surface area contributed by atoms with E-state index in [-0.39, 0.29) is 12.2 Å². The Hall–Kier alpha value is -0.160. The van der Waals surface area contributed by atoms with Crippen LogP contribution in [0.15, 0.2) is 0 Å². The van der Waals surface area contributed by atoms with Gasteiger partial charge >= 0.3 is 0 Å². The molecule has 0 heterocycles. The van der Waals surface area contributed by atoms with Gasteiger partial charge in [0.1, 0.15) is 0 Å². The van der Waals surface area contributed by atoms with Crippen LogP contribution in [0.25, 0.3) is 0 Å². The van der Waals surface area contributed by atoms with E-state index in [1.54, 1.807) is 13.8 Å². The topological polar surface area (TPSA) is 46.9 Å². The van der Waals surface area contributed by atoms with Gasteiger partial charge in [0.05, 0.1) is 12.2 Å². The van der Waals surface area contributed by atoms with E-state index < -0.39 is 0 Å². The van der Waals surface area contributed by atoms with Crippen molar-refractivity contribution in [1.29, 1.82) is 0 Å². The minimum Gasteiger partial charge on any atom is -0.392 e. The molecule has 0 amide bonds. The van der Waals surface area contributed by atoms with Gasteiger partial charge in [-0.1, -0.05) is 0 Å². The Morgan fingerprint density at radius 3 is 1.00 bits per heavy atom. The highest BCUT2D eigenvalue weighted by Crippen LogP contribution is 1.80. The van der Waals surface area contributed by atoms with Crippen molar-refractivity contribution in [1.82, 2.24) is 9.80 Å². The molecule has 0 rings (SSSR count). The monoisotopic (exact) mass is 206 g/mol. The lowest BCUT2D eigenvalue weighted by molar-refractivity contribution is 0.153. The minimum absolute atomic E-state index is 0.199. The largest absolute Gasteiger partial charge is 0.392 e. The fourth-order valence-corrected chi connectivity index (χ4v) is 1.06. The lowest BCUT2D eigenvalue weighted by Gasteiger charge is -2.10. The van der Waals surface area contributed by atoms with Crippen LogP contribution in [0.4, 0.5) is 0 Å². The van der Waals surface area contributed by atoms with Crippen molar-refractivity contribution in [2.45, 2.75) is 26.1 Å². The molecule has 0 fully saturated rings. The summed E-state index contributed by atoms with van der Waals surface area (Å²) in [6, 6.07) is 0. The lowest BCUT2D eigenvalue weighted by atomic mass is 10.4. The molecule has 14 heavy (non-hydrogen) atoms. The highest BCUT2D eigenvalue weighted by Gasteiger charge is 1.94. The first-order valence-electron chi connectivity index (χ1n) is 4.91. The molecule has 1 unspecified atom stereocenters. The van der Waals surface area contributed by atoms with Crippen LogP contribution < -0.4 is 0 Å². The highest BCUT2D eigenvalue weighted by atomic mass is 16.3. The van der Waals surface area contributed by atoms with Crippen LogP contribution in [0, 0.1) is 0 Å². The number of rotatable bonds is 4. The number of aliphatic hydroxyl groups excluding tert-OH is 2. The van der Waals surface area contributed by atoms with E-state index in [2.05, 4.69) is 0 Å². The van der Waals surface area contributed by atoms with E-state index in [4.69, 9.17) is 10.2 Å². The summed E-state index contributed by atoms with van der Waals surface area (Å²) in [5.74, 6) is 0. The molecule has 0 aromatic heterocycles. The van der Waals surface area contributed by atoms with E-state index in [0.29, 0.717) is 0 Å². The Bertz CT molecular complexity index is 88.7. The van der Waals surface area contributed by atoms with Gasteiger partial charge in [0.15, 0.2) is 0 Å². The normalized spacial score (nSPS) is 15.0. The van der Waals surface area contributed by atoms with Crippen LogP contribution in [-0.2, 0) is 0 Å². The summed E-state index contributed by atoms with van der Waals surface area (Å²) < 4.78 is 0. The maximum atomic E-state index is 8.68. The summed E-state index contributed by atoms with van der Waals surface area (Å²) in [7, 11) is 7.75. The van der Waals surface area contributed by atoms with Gasteiger partial charge in [0.2, 0.25) is 0 Å². The number of aliphatic hydroxyl groups is 2. The predicted molar refractivity (Wildman–Crippen MR) is 60.5 cm³/mol. The molecule has 0 saturated heterocycles. The minimum atomic E-state index is -0.199. The Labute approximate surface area is 88.1 Å². The number of hydrogen-bond donors (Lipinski definition) is 2. The molecular formula is C10H26N2O2. The molecule has 0 saturated carbocycles. The van der Waals surface area contributed by atoms with Gasteiger partial charge < -0.3 is 20.0 Å². The zero-order valence-electron chi connectivity index (χ0n) is 10.4. The maximum Gasteiger partial charge on any atom is 0.0638 e. The highest BCUT2D eigenvalue weighted by molar-refractivity contribution is 4.48. The maximum absolute atomic E-state index is 8.68. The second-order valence-electron chi connectivity index (χ2n) is 4.22. The molecule has 0 aliphatic heterocycles. The molecule has 0 spiro atoms. The van der Waals surface area contributed by atoms with Gasteiger partial charge in [-0.25, -0.2) is 0 Å². The van der Waals surface area contributed by atoms with E-state index >= 15 is 0 Å². The Kier molecular flexibility index (Phi) is 10.9. The zero-order chi connectivity index (χ0) is 11.7. The van der Waals surface area contributed by atoms with Crippen molar-refractivity contribution < 1.29 is 10.2 Å². The van der Waals surface area contributed by atoms with Crippen LogP contribution in [0.3, 0.4) is 0 Å². The summed E-state index contributed by atoms with van der Waals surface area (Å²) in [4.78, 5) is 3.90. The molecule has 4 nitrogen and oxygen atoms in total. The molecule has 0 radical (unpaired) electrons. The quantitative estimate of drug-likeness (QED) is 0.672. The molecular weight excluding hydrogens is 180 g/mol. The van der Waals surface area contributed by atoms with Crippen molar-refractivity contribution >= 4 is 0 Å². The molecule has 2 N–H and O–H groups in total.